The molecule has 3 aromatic carbocycles. The maximum absolute atomic E-state index is 13.8. The van der Waals surface area contributed by atoms with Crippen LogP contribution < -0.4 is 32.2 Å². The molecule has 0 spiro atoms. The highest BCUT2D eigenvalue weighted by atomic mass is 19.2. The SMILES string of the molecule is CC[C@]12CCCO[C@@H]1Cn1cc(C(=O)NCc3ccc(F)cc3F)c(=O)c(O)c1C2=O.CN1CCC[C@]2(C)C(=O)c3c(O)c(=O)c(C(=O)NCc4ccc(F)cc4F)cn3C[C@H]12.C[C@]12CCCC[C@H]1Cn1cc(C(=O)NCc3ccc(F)cc3F)c(=O)c(O)c1C2=O. The van der Waals surface area contributed by atoms with Gasteiger partial charge in [-0.1, -0.05) is 51.8 Å². The molecule has 6 N–H and O–H groups in total. The summed E-state index contributed by atoms with van der Waals surface area (Å²) in [4.78, 5) is 117. The number of amides is 3. The fourth-order valence-corrected chi connectivity index (χ4v) is 13.9. The lowest BCUT2D eigenvalue weighted by Crippen LogP contribution is -2.58. The number of aromatic hydroxyl groups is 3. The molecule has 3 amide bonds. The van der Waals surface area contributed by atoms with E-state index in [2.05, 4.69) is 20.9 Å². The molecule has 1 saturated carbocycles. The number of Topliss-reactive ketones (excluding diaryl/α,β-unsaturated/α-hetero) is 3. The van der Waals surface area contributed by atoms with Crippen molar-refractivity contribution >= 4 is 35.1 Å². The molecule has 0 radical (unpaired) electrons. The van der Waals surface area contributed by atoms with Gasteiger partial charge in [0.15, 0.2) is 34.6 Å². The van der Waals surface area contributed by atoms with E-state index in [4.69, 9.17) is 4.74 Å². The van der Waals surface area contributed by atoms with E-state index in [9.17, 15) is 84.8 Å². The van der Waals surface area contributed by atoms with E-state index in [1.54, 1.807) is 0 Å². The van der Waals surface area contributed by atoms with E-state index in [1.165, 1.54) is 50.5 Å². The summed E-state index contributed by atoms with van der Waals surface area (Å²) in [5.41, 5.74) is -6.18. The Bertz CT molecular complexity index is 4230. The van der Waals surface area contributed by atoms with Crippen LogP contribution in [0.2, 0.25) is 0 Å². The topological polar surface area (TPSA) is 278 Å². The molecule has 0 bridgehead atoms. The smallest absolute Gasteiger partial charge is 0.257 e. The summed E-state index contributed by atoms with van der Waals surface area (Å²) < 4.78 is 90.6. The van der Waals surface area contributed by atoms with Crippen molar-refractivity contribution < 1.29 is 75.2 Å². The molecule has 5 aliphatic heterocycles. The van der Waals surface area contributed by atoms with Crippen molar-refractivity contribution in [3.63, 3.8) is 0 Å². The fourth-order valence-electron chi connectivity index (χ4n) is 13.9. The number of halogens is 6. The van der Waals surface area contributed by atoms with E-state index in [-0.39, 0.29) is 106 Å². The summed E-state index contributed by atoms with van der Waals surface area (Å²) >= 11 is 0. The summed E-state index contributed by atoms with van der Waals surface area (Å²) in [6.07, 6.45) is 10.2. The number of pyridine rings is 3. The first-order chi connectivity index (χ1) is 43.6. The molecule has 12 rings (SSSR count). The number of ether oxygens (including phenoxy) is 1. The van der Waals surface area contributed by atoms with Crippen molar-refractivity contribution in [1.82, 2.24) is 34.6 Å². The van der Waals surface area contributed by atoms with Gasteiger partial charge in [-0.15, -0.1) is 0 Å². The highest BCUT2D eigenvalue weighted by Gasteiger charge is 2.53. The van der Waals surface area contributed by atoms with Crippen molar-refractivity contribution in [2.24, 2.45) is 22.2 Å². The van der Waals surface area contributed by atoms with Crippen LogP contribution in [0, 0.1) is 57.1 Å². The van der Waals surface area contributed by atoms with Crippen LogP contribution >= 0.6 is 0 Å². The molecule has 486 valence electrons. The Balaban J connectivity index is 0.000000151. The van der Waals surface area contributed by atoms with Crippen LogP contribution in [0.1, 0.15) is 158 Å². The number of likely N-dealkylation sites (N-methyl/N-ethyl adjacent to an activating group) is 1. The Morgan fingerprint density at radius 1 is 0.543 bits per heavy atom. The molecule has 0 unspecified atom stereocenters. The van der Waals surface area contributed by atoms with E-state index in [0.29, 0.717) is 70.0 Å². The van der Waals surface area contributed by atoms with Gasteiger partial charge in [-0.3, -0.25) is 43.2 Å². The molecule has 3 fully saturated rings. The number of aromatic nitrogens is 3. The molecular formula is C66H67F6N7O13. The predicted octanol–water partition coefficient (Wildman–Crippen LogP) is 7.75. The first-order valence-corrected chi connectivity index (χ1v) is 30.2. The quantitative estimate of drug-likeness (QED) is 0.0716. The lowest BCUT2D eigenvalue weighted by molar-refractivity contribution is -0.0827. The highest BCUT2D eigenvalue weighted by Crippen LogP contribution is 2.49. The average Bonchev–Trinajstić information content (AvgIpc) is 0.746. The van der Waals surface area contributed by atoms with Gasteiger partial charge in [0, 0.05) is 110 Å². The second-order valence-corrected chi connectivity index (χ2v) is 24.8. The van der Waals surface area contributed by atoms with Crippen molar-refractivity contribution in [1.29, 1.82) is 0 Å². The van der Waals surface area contributed by atoms with Crippen molar-refractivity contribution in [2.75, 3.05) is 20.2 Å². The Kier molecular flexibility index (Phi) is 18.5. The monoisotopic (exact) mass is 1280 g/mol. The number of fused-ring (bicyclic) bond motifs is 6. The summed E-state index contributed by atoms with van der Waals surface area (Å²) in [6.45, 7) is 7.12. The summed E-state index contributed by atoms with van der Waals surface area (Å²) in [7, 11) is 1.92. The number of rotatable bonds is 10. The number of likely N-dealkylation sites (tertiary alicyclic amines) is 1. The lowest BCUT2D eigenvalue weighted by atomic mass is 9.62. The third kappa shape index (κ3) is 12.0. The van der Waals surface area contributed by atoms with Gasteiger partial charge in [0.25, 0.3) is 17.7 Å². The minimum atomic E-state index is -0.974. The van der Waals surface area contributed by atoms with Crippen LogP contribution in [0.3, 0.4) is 0 Å². The molecule has 20 nitrogen and oxygen atoms in total. The zero-order chi connectivity index (χ0) is 66.5. The zero-order valence-corrected chi connectivity index (χ0v) is 50.7. The number of piperidine rings is 1. The normalized spacial score (nSPS) is 22.9. The Morgan fingerprint density at radius 3 is 1.40 bits per heavy atom. The Hall–Kier alpha value is -9.17. The second kappa shape index (κ2) is 25.8. The number of hydrogen-bond acceptors (Lipinski definition) is 14. The van der Waals surface area contributed by atoms with Gasteiger partial charge < -0.3 is 54.6 Å². The maximum atomic E-state index is 13.8. The molecule has 1 aliphatic carbocycles. The molecule has 92 heavy (non-hydrogen) atoms. The predicted molar refractivity (Wildman–Crippen MR) is 318 cm³/mol. The van der Waals surface area contributed by atoms with Crippen LogP contribution in [0.25, 0.3) is 0 Å². The Labute approximate surface area is 521 Å². The van der Waals surface area contributed by atoms with Crippen molar-refractivity contribution in [3.05, 3.63) is 189 Å². The van der Waals surface area contributed by atoms with Crippen LogP contribution in [-0.4, -0.2) is 101 Å². The number of ketones is 3. The average molecular weight is 1280 g/mol. The van der Waals surface area contributed by atoms with Crippen LogP contribution in [-0.2, 0) is 44.0 Å². The second-order valence-electron chi connectivity index (χ2n) is 24.8. The number of nitrogens with one attached hydrogen (secondary N) is 3. The number of carbonyl (C=O) groups is 6. The minimum absolute atomic E-state index is 0.0375. The van der Waals surface area contributed by atoms with Gasteiger partial charge >= 0.3 is 0 Å². The minimum Gasteiger partial charge on any atom is -0.503 e. The van der Waals surface area contributed by atoms with E-state index >= 15 is 0 Å². The van der Waals surface area contributed by atoms with Gasteiger partial charge in [0.2, 0.25) is 16.3 Å². The van der Waals surface area contributed by atoms with Gasteiger partial charge in [-0.25, -0.2) is 26.3 Å². The lowest BCUT2D eigenvalue weighted by Gasteiger charge is -2.49. The largest absolute Gasteiger partial charge is 0.503 e. The van der Waals surface area contributed by atoms with Crippen LogP contribution in [0.15, 0.2) is 87.6 Å². The van der Waals surface area contributed by atoms with E-state index < -0.39 is 109 Å². The fraction of sp³-hybridized carbons (Fsp3) is 0.409. The number of carbonyl (C=O) groups excluding carboxylic acids is 6. The molecule has 6 aliphatic rings. The molecule has 6 atom stereocenters. The maximum Gasteiger partial charge on any atom is 0.257 e. The molecule has 6 aromatic rings. The Morgan fingerprint density at radius 2 is 0.957 bits per heavy atom. The summed E-state index contributed by atoms with van der Waals surface area (Å²) in [5, 5.41) is 38.7. The van der Waals surface area contributed by atoms with Crippen molar-refractivity contribution in [2.45, 2.75) is 130 Å². The highest BCUT2D eigenvalue weighted by molar-refractivity contribution is 6.05. The zero-order valence-electron chi connectivity index (χ0n) is 50.7. The van der Waals surface area contributed by atoms with Gasteiger partial charge in [0.1, 0.15) is 68.7 Å². The molecule has 3 aromatic heterocycles. The molecule has 8 heterocycles. The van der Waals surface area contributed by atoms with Crippen LogP contribution in [0.5, 0.6) is 17.2 Å². The summed E-state index contributed by atoms with van der Waals surface area (Å²) in [5.74, 6) is -10.3. The third-order valence-corrected chi connectivity index (χ3v) is 19.4. The van der Waals surface area contributed by atoms with Gasteiger partial charge in [-0.05, 0) is 82.7 Å². The standard InChI is InChI=1S/C22H23F2N3O4.C22H22F2N2O5.C22H22F2N2O4/c1-22-6-3-7-26(2)16(22)11-27-10-14(18(28)19(29)17(27)20(22)30)21(31)25-9-12-4-5-13(23)8-15(12)24;1-2-22-6-3-7-31-16(22)11-26-10-14(18(27)19(28)17(26)20(22)29)21(30)25-9-12-4-5-13(23)8-15(12)24;1-22-7-3-2-4-13(22)10-26-11-15(18(27)19(28)17(26)20(22)29)21(30)25-9-12-5-6-14(23)8-16(12)24/h4-5,8,10,16,29H,3,6-7,9,11H2,1-2H3,(H,25,31);4-5,8,10,16,28H,2-3,6-7,9,11H2,1H3,(H,25,30);5-6,8,11,13,28H,2-4,7,9-10H2,1H3,(H,25,30)/t16-,22-;16-,22+;13-,22-/m010/s1. The van der Waals surface area contributed by atoms with E-state index in [0.717, 1.165) is 50.4 Å². The first kappa shape index (κ1) is 65.8. The molecule has 2 saturated heterocycles. The van der Waals surface area contributed by atoms with E-state index in [1.807, 2.05) is 27.8 Å². The van der Waals surface area contributed by atoms with Gasteiger partial charge in [-0.2, -0.15) is 0 Å². The summed E-state index contributed by atoms with van der Waals surface area (Å²) in [6, 6.07) is 8.73. The van der Waals surface area contributed by atoms with Crippen molar-refractivity contribution in [3.8, 4) is 17.2 Å². The van der Waals surface area contributed by atoms with Gasteiger partial charge in [0.05, 0.1) is 18.1 Å². The first-order valence-electron chi connectivity index (χ1n) is 30.2. The molecule has 26 heteroatoms. The third-order valence-electron chi connectivity index (χ3n) is 19.4. The number of benzene rings is 3. The molecular weight excluding hydrogens is 1210 g/mol. The number of nitrogens with zero attached hydrogens (tertiary/aromatic N) is 4. The number of hydrogen-bond donors (Lipinski definition) is 6. The van der Waals surface area contributed by atoms with Crippen LogP contribution in [0.4, 0.5) is 26.3 Å².